The molecule has 1 amide bonds. The number of hydrogen-bond acceptors (Lipinski definition) is 7. The molecule has 0 spiro atoms. The summed E-state index contributed by atoms with van der Waals surface area (Å²) in [6.07, 6.45) is 1.32. The molecule has 0 aliphatic carbocycles. The molecule has 4 aromatic rings. The lowest BCUT2D eigenvalue weighted by Crippen LogP contribution is -2.21. The largest absolute Gasteiger partial charge is 0.451 e. The van der Waals surface area contributed by atoms with Gasteiger partial charge in [-0.25, -0.2) is 9.78 Å². The molecule has 0 aliphatic rings. The molecule has 0 fully saturated rings. The van der Waals surface area contributed by atoms with E-state index in [1.54, 1.807) is 42.5 Å². The Labute approximate surface area is 177 Å². The molecule has 0 radical (unpaired) electrons. The van der Waals surface area contributed by atoms with Crippen molar-refractivity contribution in [3.8, 4) is 0 Å². The third kappa shape index (κ3) is 5.33. The molecule has 8 nitrogen and oxygen atoms in total. The van der Waals surface area contributed by atoms with Crippen LogP contribution >= 0.6 is 0 Å². The molecule has 0 aliphatic heterocycles. The summed E-state index contributed by atoms with van der Waals surface area (Å²) in [5.41, 5.74) is 3.22. The van der Waals surface area contributed by atoms with Gasteiger partial charge in [0.1, 0.15) is 0 Å². The fraction of sp³-hybridized carbons (Fsp3) is 0.0435. The van der Waals surface area contributed by atoms with Crippen molar-refractivity contribution < 1.29 is 14.3 Å². The number of amides is 1. The number of carbonyl (C=O) groups is 2. The van der Waals surface area contributed by atoms with Crippen LogP contribution in [-0.2, 0) is 9.53 Å². The van der Waals surface area contributed by atoms with Crippen LogP contribution in [0.4, 0.5) is 17.1 Å². The summed E-state index contributed by atoms with van der Waals surface area (Å²) in [5.74, 6) is -1.19. The predicted molar refractivity (Wildman–Crippen MR) is 116 cm³/mol. The summed E-state index contributed by atoms with van der Waals surface area (Å²) in [5, 5.41) is 10.9. The van der Waals surface area contributed by atoms with Crippen LogP contribution in [0.2, 0.25) is 0 Å². The van der Waals surface area contributed by atoms with Crippen LogP contribution in [0.25, 0.3) is 11.0 Å². The summed E-state index contributed by atoms with van der Waals surface area (Å²) in [7, 11) is 0. The summed E-state index contributed by atoms with van der Waals surface area (Å²) < 4.78 is 5.04. The number of fused-ring (bicyclic) bond motifs is 1. The number of aromatic nitrogens is 2. The highest BCUT2D eigenvalue weighted by molar-refractivity contribution is 5.95. The Morgan fingerprint density at radius 2 is 1.45 bits per heavy atom. The molecule has 4 rings (SSSR count). The predicted octanol–water partition coefficient (Wildman–Crippen LogP) is 4.84. The van der Waals surface area contributed by atoms with Gasteiger partial charge >= 0.3 is 5.97 Å². The van der Waals surface area contributed by atoms with Crippen molar-refractivity contribution in [3.63, 3.8) is 0 Å². The van der Waals surface area contributed by atoms with Gasteiger partial charge in [-0.15, -0.1) is 0 Å². The third-order valence-corrected chi connectivity index (χ3v) is 4.18. The van der Waals surface area contributed by atoms with Gasteiger partial charge in [0.25, 0.3) is 5.91 Å². The first kappa shape index (κ1) is 19.8. The Hall–Kier alpha value is -4.46. The van der Waals surface area contributed by atoms with Crippen molar-refractivity contribution in [2.45, 2.75) is 0 Å². The average molecular weight is 411 g/mol. The number of azo groups is 1. The number of hydrogen-bond donors (Lipinski definition) is 1. The Balaban J connectivity index is 1.30. The second kappa shape index (κ2) is 9.36. The zero-order valence-electron chi connectivity index (χ0n) is 16.3. The van der Waals surface area contributed by atoms with Crippen molar-refractivity contribution in [1.29, 1.82) is 0 Å². The SMILES string of the molecule is O=C(COC(=O)c1cnc2ccccc2n1)Nc1ccc(N=Nc2ccccc2)cc1. The number of anilines is 1. The molecular formula is C23H17N5O3. The van der Waals surface area contributed by atoms with E-state index in [-0.39, 0.29) is 5.69 Å². The molecule has 3 aromatic carbocycles. The maximum atomic E-state index is 12.2. The molecule has 31 heavy (non-hydrogen) atoms. The minimum atomic E-state index is -0.718. The number of esters is 1. The van der Waals surface area contributed by atoms with Gasteiger partial charge < -0.3 is 10.1 Å². The molecule has 0 bridgehead atoms. The number of nitrogens with zero attached hydrogens (tertiary/aromatic N) is 4. The van der Waals surface area contributed by atoms with Gasteiger partial charge in [-0.1, -0.05) is 30.3 Å². The number of nitrogens with one attached hydrogen (secondary N) is 1. The Bertz CT molecular complexity index is 1240. The van der Waals surface area contributed by atoms with E-state index in [1.807, 2.05) is 36.4 Å². The van der Waals surface area contributed by atoms with Crippen LogP contribution in [0.1, 0.15) is 10.5 Å². The molecule has 1 heterocycles. The second-order valence-corrected chi connectivity index (χ2v) is 6.45. The lowest BCUT2D eigenvalue weighted by Gasteiger charge is -2.07. The minimum absolute atomic E-state index is 0.0413. The molecule has 0 saturated carbocycles. The quantitative estimate of drug-likeness (QED) is 0.361. The average Bonchev–Trinajstić information content (AvgIpc) is 2.82. The van der Waals surface area contributed by atoms with Gasteiger partial charge in [0.05, 0.1) is 28.6 Å². The topological polar surface area (TPSA) is 106 Å². The highest BCUT2D eigenvalue weighted by Crippen LogP contribution is 2.20. The van der Waals surface area contributed by atoms with Crippen LogP contribution in [0.3, 0.4) is 0 Å². The summed E-state index contributed by atoms with van der Waals surface area (Å²) in [6.45, 7) is -0.442. The van der Waals surface area contributed by atoms with E-state index in [4.69, 9.17) is 4.74 Å². The van der Waals surface area contributed by atoms with E-state index < -0.39 is 18.5 Å². The highest BCUT2D eigenvalue weighted by Gasteiger charge is 2.13. The third-order valence-electron chi connectivity index (χ3n) is 4.18. The van der Waals surface area contributed by atoms with Gasteiger partial charge in [-0.2, -0.15) is 10.2 Å². The molecule has 152 valence electrons. The smallest absolute Gasteiger partial charge is 0.359 e. The van der Waals surface area contributed by atoms with Gasteiger partial charge in [0, 0.05) is 5.69 Å². The van der Waals surface area contributed by atoms with Crippen molar-refractivity contribution in [3.05, 3.63) is 90.8 Å². The molecule has 8 heteroatoms. The fourth-order valence-corrected chi connectivity index (χ4v) is 2.68. The number of rotatable bonds is 6. The van der Waals surface area contributed by atoms with Crippen molar-refractivity contribution >= 4 is 40.0 Å². The zero-order chi connectivity index (χ0) is 21.5. The number of benzene rings is 3. The van der Waals surface area contributed by atoms with E-state index in [9.17, 15) is 9.59 Å². The zero-order valence-corrected chi connectivity index (χ0v) is 16.3. The Morgan fingerprint density at radius 3 is 2.19 bits per heavy atom. The number of para-hydroxylation sites is 2. The molecule has 0 unspecified atom stereocenters. The first-order chi connectivity index (χ1) is 15.2. The monoisotopic (exact) mass is 411 g/mol. The van der Waals surface area contributed by atoms with E-state index in [0.29, 0.717) is 22.4 Å². The van der Waals surface area contributed by atoms with E-state index in [2.05, 4.69) is 25.5 Å². The van der Waals surface area contributed by atoms with Crippen LogP contribution in [0, 0.1) is 0 Å². The Kier molecular flexibility index (Phi) is 5.99. The van der Waals surface area contributed by atoms with Crippen LogP contribution in [-0.4, -0.2) is 28.5 Å². The fourth-order valence-electron chi connectivity index (χ4n) is 2.68. The van der Waals surface area contributed by atoms with E-state index >= 15 is 0 Å². The van der Waals surface area contributed by atoms with Gasteiger partial charge in [-0.05, 0) is 48.5 Å². The van der Waals surface area contributed by atoms with Crippen LogP contribution < -0.4 is 5.32 Å². The maximum Gasteiger partial charge on any atom is 0.359 e. The normalized spacial score (nSPS) is 10.8. The van der Waals surface area contributed by atoms with Gasteiger partial charge in [-0.3, -0.25) is 9.78 Å². The van der Waals surface area contributed by atoms with Crippen molar-refractivity contribution in [2.75, 3.05) is 11.9 Å². The van der Waals surface area contributed by atoms with E-state index in [0.717, 1.165) is 5.69 Å². The van der Waals surface area contributed by atoms with Crippen LogP contribution in [0.5, 0.6) is 0 Å². The summed E-state index contributed by atoms with van der Waals surface area (Å²) in [6, 6.07) is 23.4. The standard InChI is InChI=1S/C23H17N5O3/c29-22(15-31-23(30)21-14-24-19-8-4-5-9-20(19)26-21)25-16-10-12-18(13-11-16)28-27-17-6-2-1-3-7-17/h1-14H,15H2,(H,25,29). The lowest BCUT2D eigenvalue weighted by atomic mass is 10.3. The first-order valence-electron chi connectivity index (χ1n) is 9.43. The Morgan fingerprint density at radius 1 is 0.806 bits per heavy atom. The minimum Gasteiger partial charge on any atom is -0.451 e. The first-order valence-corrected chi connectivity index (χ1v) is 9.43. The van der Waals surface area contributed by atoms with Gasteiger partial charge in [0.2, 0.25) is 0 Å². The van der Waals surface area contributed by atoms with E-state index in [1.165, 1.54) is 6.20 Å². The molecular weight excluding hydrogens is 394 g/mol. The van der Waals surface area contributed by atoms with Gasteiger partial charge in [0.15, 0.2) is 12.3 Å². The summed E-state index contributed by atoms with van der Waals surface area (Å²) >= 11 is 0. The number of ether oxygens (including phenoxy) is 1. The molecule has 0 atom stereocenters. The van der Waals surface area contributed by atoms with Crippen molar-refractivity contribution in [2.24, 2.45) is 10.2 Å². The maximum absolute atomic E-state index is 12.2. The molecule has 1 aromatic heterocycles. The van der Waals surface area contributed by atoms with Crippen molar-refractivity contribution in [1.82, 2.24) is 9.97 Å². The molecule has 1 N–H and O–H groups in total. The van der Waals surface area contributed by atoms with Crippen LogP contribution in [0.15, 0.2) is 95.3 Å². The lowest BCUT2D eigenvalue weighted by molar-refractivity contribution is -0.119. The highest BCUT2D eigenvalue weighted by atomic mass is 16.5. The molecule has 0 saturated heterocycles. The summed E-state index contributed by atoms with van der Waals surface area (Å²) in [4.78, 5) is 32.6. The second-order valence-electron chi connectivity index (χ2n) is 6.45. The number of carbonyl (C=O) groups excluding carboxylic acids is 2.